The summed E-state index contributed by atoms with van der Waals surface area (Å²) in [6.45, 7) is 2.17. The summed E-state index contributed by atoms with van der Waals surface area (Å²) < 4.78 is 26.2. The average molecular weight is 290 g/mol. The maximum absolute atomic E-state index is 12.3. The van der Waals surface area contributed by atoms with Gasteiger partial charge < -0.3 is 4.98 Å². The van der Waals surface area contributed by atoms with Gasteiger partial charge in [-0.2, -0.15) is 4.31 Å². The van der Waals surface area contributed by atoms with E-state index in [-0.39, 0.29) is 9.08 Å². The third kappa shape index (κ3) is 2.67. The number of hydrogen-bond donors (Lipinski definition) is 1. The Morgan fingerprint density at radius 2 is 2.00 bits per heavy atom. The quantitative estimate of drug-likeness (QED) is 0.914. The second-order valence-corrected chi connectivity index (χ2v) is 8.09. The van der Waals surface area contributed by atoms with Gasteiger partial charge in [-0.15, -0.1) is 0 Å². The number of aromatic nitrogens is 1. The number of thiazole rings is 1. The van der Waals surface area contributed by atoms with Gasteiger partial charge in [-0.1, -0.05) is 24.2 Å². The lowest BCUT2D eigenvalue weighted by molar-refractivity contribution is 0.388. The molecule has 1 fully saturated rings. The summed E-state index contributed by atoms with van der Waals surface area (Å²) in [6.07, 6.45) is 4.58. The molecule has 0 aromatic carbocycles. The summed E-state index contributed by atoms with van der Waals surface area (Å²) in [4.78, 5) is 13.4. The van der Waals surface area contributed by atoms with Crippen molar-refractivity contribution in [2.75, 3.05) is 13.6 Å². The van der Waals surface area contributed by atoms with Crippen LogP contribution in [0.25, 0.3) is 0 Å². The highest BCUT2D eigenvalue weighted by Gasteiger charge is 2.28. The van der Waals surface area contributed by atoms with Crippen LogP contribution >= 0.6 is 11.3 Å². The summed E-state index contributed by atoms with van der Waals surface area (Å²) in [7, 11) is -1.92. The first-order valence-electron chi connectivity index (χ1n) is 6.07. The highest BCUT2D eigenvalue weighted by Crippen LogP contribution is 2.28. The molecule has 1 aromatic heterocycles. The minimum absolute atomic E-state index is 0.146. The normalized spacial score (nSPS) is 17.7. The number of hydrogen-bond acceptors (Lipinski definition) is 4. The van der Waals surface area contributed by atoms with E-state index in [0.717, 1.165) is 24.2 Å². The Hall–Kier alpha value is -0.660. The fourth-order valence-electron chi connectivity index (χ4n) is 2.43. The van der Waals surface area contributed by atoms with Crippen LogP contribution in [-0.4, -0.2) is 31.3 Å². The van der Waals surface area contributed by atoms with Crippen LogP contribution in [0.1, 0.15) is 31.4 Å². The topological polar surface area (TPSA) is 70.2 Å². The predicted octanol–water partition coefficient (Wildman–Crippen LogP) is 1.56. The molecule has 0 amide bonds. The first kappa shape index (κ1) is 13.8. The highest BCUT2D eigenvalue weighted by molar-refractivity contribution is 7.91. The number of nitrogens with zero attached hydrogens (tertiary/aromatic N) is 1. The molecule has 7 heteroatoms. The van der Waals surface area contributed by atoms with E-state index in [9.17, 15) is 13.2 Å². The van der Waals surface area contributed by atoms with Crippen LogP contribution in [0.4, 0.5) is 0 Å². The van der Waals surface area contributed by atoms with Crippen molar-refractivity contribution in [1.29, 1.82) is 0 Å². The minimum Gasteiger partial charge on any atom is -0.315 e. The SMILES string of the molecule is Cc1[nH]c(=O)sc1S(=O)(=O)N(C)CC1CCCC1. The molecule has 1 saturated carbocycles. The monoisotopic (exact) mass is 290 g/mol. The summed E-state index contributed by atoms with van der Waals surface area (Å²) >= 11 is 0.767. The lowest BCUT2D eigenvalue weighted by Crippen LogP contribution is -2.31. The predicted molar refractivity (Wildman–Crippen MR) is 71.5 cm³/mol. The number of nitrogens with one attached hydrogen (secondary N) is 1. The van der Waals surface area contributed by atoms with Crippen molar-refractivity contribution in [3.63, 3.8) is 0 Å². The van der Waals surface area contributed by atoms with Crippen LogP contribution in [0.15, 0.2) is 9.00 Å². The molecule has 1 N–H and O–H groups in total. The summed E-state index contributed by atoms with van der Waals surface area (Å²) in [5.41, 5.74) is 0.434. The second kappa shape index (κ2) is 5.14. The van der Waals surface area contributed by atoms with Gasteiger partial charge in [0.05, 0.1) is 0 Å². The minimum atomic E-state index is -3.52. The van der Waals surface area contributed by atoms with E-state index in [0.29, 0.717) is 18.2 Å². The van der Waals surface area contributed by atoms with E-state index in [2.05, 4.69) is 4.98 Å². The molecule has 0 saturated heterocycles. The molecule has 0 unspecified atom stereocenters. The van der Waals surface area contributed by atoms with E-state index < -0.39 is 10.0 Å². The lowest BCUT2D eigenvalue weighted by Gasteiger charge is -2.20. The van der Waals surface area contributed by atoms with Gasteiger partial charge in [0.25, 0.3) is 10.0 Å². The molecule has 18 heavy (non-hydrogen) atoms. The van der Waals surface area contributed by atoms with Crippen LogP contribution < -0.4 is 4.87 Å². The van der Waals surface area contributed by atoms with Gasteiger partial charge in [0, 0.05) is 19.3 Å². The van der Waals surface area contributed by atoms with Crippen molar-refractivity contribution < 1.29 is 8.42 Å². The van der Waals surface area contributed by atoms with Crippen LogP contribution in [-0.2, 0) is 10.0 Å². The van der Waals surface area contributed by atoms with E-state index in [4.69, 9.17) is 0 Å². The van der Waals surface area contributed by atoms with Crippen molar-refractivity contribution in [2.45, 2.75) is 36.8 Å². The van der Waals surface area contributed by atoms with E-state index in [1.54, 1.807) is 14.0 Å². The maximum Gasteiger partial charge on any atom is 0.305 e. The van der Waals surface area contributed by atoms with Crippen molar-refractivity contribution in [3.05, 3.63) is 15.4 Å². The smallest absolute Gasteiger partial charge is 0.305 e. The molecule has 0 aliphatic heterocycles. The highest BCUT2D eigenvalue weighted by atomic mass is 32.2. The fraction of sp³-hybridized carbons (Fsp3) is 0.727. The number of rotatable bonds is 4. The zero-order valence-corrected chi connectivity index (χ0v) is 12.2. The average Bonchev–Trinajstić information content (AvgIpc) is 2.88. The Kier molecular flexibility index (Phi) is 3.93. The largest absolute Gasteiger partial charge is 0.315 e. The number of aromatic amines is 1. The van der Waals surface area contributed by atoms with Crippen LogP contribution in [0.5, 0.6) is 0 Å². The Morgan fingerprint density at radius 1 is 1.39 bits per heavy atom. The molecule has 0 bridgehead atoms. The molecule has 1 aliphatic rings. The second-order valence-electron chi connectivity index (χ2n) is 4.86. The number of sulfonamides is 1. The molecule has 1 aromatic rings. The molecule has 0 radical (unpaired) electrons. The summed E-state index contributed by atoms with van der Waals surface area (Å²) in [5, 5.41) is 0. The van der Waals surface area contributed by atoms with Crippen molar-refractivity contribution >= 4 is 21.4 Å². The molecular weight excluding hydrogens is 272 g/mol. The van der Waals surface area contributed by atoms with Gasteiger partial charge in [0.2, 0.25) is 0 Å². The van der Waals surface area contributed by atoms with Crippen LogP contribution in [0.2, 0.25) is 0 Å². The molecular formula is C11H18N2O3S2. The Balaban J connectivity index is 2.19. The van der Waals surface area contributed by atoms with Gasteiger partial charge in [0.15, 0.2) is 4.21 Å². The fourth-order valence-corrected chi connectivity index (χ4v) is 5.17. The third-order valence-electron chi connectivity index (χ3n) is 3.42. The number of aryl methyl sites for hydroxylation is 1. The molecule has 0 spiro atoms. The van der Waals surface area contributed by atoms with E-state index >= 15 is 0 Å². The van der Waals surface area contributed by atoms with Crippen LogP contribution in [0, 0.1) is 12.8 Å². The van der Waals surface area contributed by atoms with Gasteiger partial charge in [-0.05, 0) is 25.7 Å². The van der Waals surface area contributed by atoms with Crippen molar-refractivity contribution in [2.24, 2.45) is 5.92 Å². The van der Waals surface area contributed by atoms with Gasteiger partial charge in [-0.25, -0.2) is 8.42 Å². The van der Waals surface area contributed by atoms with Gasteiger partial charge in [-0.3, -0.25) is 4.79 Å². The molecule has 1 aliphatic carbocycles. The Labute approximate surface area is 111 Å². The zero-order valence-electron chi connectivity index (χ0n) is 10.6. The van der Waals surface area contributed by atoms with Crippen LogP contribution in [0.3, 0.4) is 0 Å². The summed E-state index contributed by atoms with van der Waals surface area (Å²) in [6, 6.07) is 0. The molecule has 0 atom stereocenters. The van der Waals surface area contributed by atoms with Gasteiger partial charge in [0.1, 0.15) is 0 Å². The third-order valence-corrected chi connectivity index (χ3v) is 6.82. The number of H-pyrrole nitrogens is 1. The first-order chi connectivity index (χ1) is 8.41. The molecule has 2 rings (SSSR count). The Bertz CT molecular complexity index is 567. The first-order valence-corrected chi connectivity index (χ1v) is 8.33. The lowest BCUT2D eigenvalue weighted by atomic mass is 10.1. The summed E-state index contributed by atoms with van der Waals surface area (Å²) in [5.74, 6) is 0.459. The molecule has 1 heterocycles. The zero-order chi connectivity index (χ0) is 13.3. The van der Waals surface area contributed by atoms with E-state index in [1.165, 1.54) is 17.1 Å². The molecule has 102 valence electrons. The van der Waals surface area contributed by atoms with Crippen molar-refractivity contribution in [1.82, 2.24) is 9.29 Å². The maximum atomic E-state index is 12.3. The van der Waals surface area contributed by atoms with Crippen molar-refractivity contribution in [3.8, 4) is 0 Å². The standard InChI is InChI=1S/C11H18N2O3S2/c1-8-10(17-11(14)12-8)18(15,16)13(2)7-9-5-3-4-6-9/h9H,3-7H2,1-2H3,(H,12,14). The Morgan fingerprint density at radius 3 is 2.50 bits per heavy atom. The van der Waals surface area contributed by atoms with E-state index in [1.807, 2.05) is 0 Å². The molecule has 5 nitrogen and oxygen atoms in total. The van der Waals surface area contributed by atoms with Gasteiger partial charge >= 0.3 is 4.87 Å².